The first-order valence-corrected chi connectivity index (χ1v) is 4.86. The van der Waals surface area contributed by atoms with Crippen molar-refractivity contribution in [3.8, 4) is 18.4 Å². The molecule has 0 saturated carbocycles. The average Bonchev–Trinajstić information content (AvgIpc) is 2.67. The average molecular weight is 194 g/mol. The van der Waals surface area contributed by atoms with Gasteiger partial charge in [-0.1, -0.05) is 0 Å². The number of aliphatic imine (C=N–C) groups is 1. The summed E-state index contributed by atoms with van der Waals surface area (Å²) in [5, 5.41) is 8.78. The standard InChI is InChI=1S/C13H10N2/c1-2-3-4-12-8-11-7-10(9-14)5-6-13(11)15-12/h1,5-6,8H,3-4,7H2. The molecule has 0 radical (unpaired) electrons. The van der Waals surface area contributed by atoms with Crippen molar-refractivity contribution >= 4 is 5.71 Å². The van der Waals surface area contributed by atoms with E-state index in [0.717, 1.165) is 29.0 Å². The highest BCUT2D eigenvalue weighted by molar-refractivity contribution is 6.00. The molecule has 0 bridgehead atoms. The Balaban J connectivity index is 2.15. The zero-order valence-corrected chi connectivity index (χ0v) is 8.33. The largest absolute Gasteiger partial charge is 0.253 e. The minimum atomic E-state index is 0.700. The molecular weight excluding hydrogens is 184 g/mol. The molecule has 1 aliphatic heterocycles. The lowest BCUT2D eigenvalue weighted by atomic mass is 9.98. The Kier molecular flexibility index (Phi) is 2.52. The fourth-order valence-corrected chi connectivity index (χ4v) is 1.67. The minimum Gasteiger partial charge on any atom is -0.253 e. The molecule has 1 heterocycles. The van der Waals surface area contributed by atoms with Crippen LogP contribution in [0, 0.1) is 23.7 Å². The van der Waals surface area contributed by atoms with Gasteiger partial charge in [0.2, 0.25) is 0 Å². The van der Waals surface area contributed by atoms with E-state index in [1.54, 1.807) is 0 Å². The maximum atomic E-state index is 8.78. The third-order valence-corrected chi connectivity index (χ3v) is 2.43. The van der Waals surface area contributed by atoms with E-state index in [4.69, 9.17) is 11.7 Å². The molecule has 0 N–H and O–H groups in total. The van der Waals surface area contributed by atoms with Crippen molar-refractivity contribution in [2.45, 2.75) is 19.3 Å². The van der Waals surface area contributed by atoms with E-state index >= 15 is 0 Å². The molecule has 2 rings (SSSR count). The van der Waals surface area contributed by atoms with E-state index in [1.807, 2.05) is 18.2 Å². The molecule has 0 unspecified atom stereocenters. The lowest BCUT2D eigenvalue weighted by Gasteiger charge is -2.06. The van der Waals surface area contributed by atoms with E-state index < -0.39 is 0 Å². The third kappa shape index (κ3) is 1.90. The summed E-state index contributed by atoms with van der Waals surface area (Å²) in [6, 6.07) is 2.17. The number of terminal acetylenes is 1. The maximum absolute atomic E-state index is 8.78. The maximum Gasteiger partial charge on any atom is 0.0950 e. The molecule has 0 amide bonds. The van der Waals surface area contributed by atoms with Crippen LogP contribution in [0.25, 0.3) is 0 Å². The van der Waals surface area contributed by atoms with Crippen LogP contribution in [-0.4, -0.2) is 5.71 Å². The molecule has 0 atom stereocenters. The Hall–Kier alpha value is -2.06. The third-order valence-electron chi connectivity index (χ3n) is 2.43. The van der Waals surface area contributed by atoms with Crippen LogP contribution in [0.2, 0.25) is 0 Å². The molecule has 0 spiro atoms. The SMILES string of the molecule is C#CCCC1=NC2=CC=C(C#N)CC2=C1. The number of rotatable bonds is 2. The first kappa shape index (κ1) is 9.49. The summed E-state index contributed by atoms with van der Waals surface area (Å²) >= 11 is 0. The zero-order valence-electron chi connectivity index (χ0n) is 8.33. The van der Waals surface area contributed by atoms with Crippen LogP contribution >= 0.6 is 0 Å². The van der Waals surface area contributed by atoms with Crippen LogP contribution in [0.4, 0.5) is 0 Å². The molecule has 0 aromatic heterocycles. The topological polar surface area (TPSA) is 36.1 Å². The quantitative estimate of drug-likeness (QED) is 0.622. The summed E-state index contributed by atoms with van der Waals surface area (Å²) in [7, 11) is 0. The molecule has 2 aliphatic rings. The fraction of sp³-hybridized carbons (Fsp3) is 0.231. The Morgan fingerprint density at radius 2 is 2.33 bits per heavy atom. The molecule has 0 fully saturated rings. The lowest BCUT2D eigenvalue weighted by Crippen LogP contribution is -1.91. The van der Waals surface area contributed by atoms with Crippen LogP contribution < -0.4 is 0 Å². The van der Waals surface area contributed by atoms with Crippen LogP contribution in [-0.2, 0) is 0 Å². The Labute approximate surface area is 89.3 Å². The van der Waals surface area contributed by atoms with Gasteiger partial charge < -0.3 is 0 Å². The van der Waals surface area contributed by atoms with Crippen LogP contribution in [0.5, 0.6) is 0 Å². The van der Waals surface area contributed by atoms with E-state index in [2.05, 4.69) is 17.0 Å². The Bertz CT molecular complexity index is 488. The molecular formula is C13H10N2. The highest BCUT2D eigenvalue weighted by Crippen LogP contribution is 2.29. The molecule has 72 valence electrons. The van der Waals surface area contributed by atoms with Crippen molar-refractivity contribution in [2.24, 2.45) is 4.99 Å². The van der Waals surface area contributed by atoms with Gasteiger partial charge in [-0.2, -0.15) is 5.26 Å². The number of nitriles is 1. The summed E-state index contributed by atoms with van der Waals surface area (Å²) in [6.07, 6.45) is 13.2. The molecule has 15 heavy (non-hydrogen) atoms. The van der Waals surface area contributed by atoms with E-state index in [-0.39, 0.29) is 0 Å². The number of fused-ring (bicyclic) bond motifs is 1. The second-order valence-corrected chi connectivity index (χ2v) is 3.51. The summed E-state index contributed by atoms with van der Waals surface area (Å²) in [5.41, 5.74) is 3.95. The smallest absolute Gasteiger partial charge is 0.0950 e. The van der Waals surface area contributed by atoms with Gasteiger partial charge in [-0.25, -0.2) is 0 Å². The lowest BCUT2D eigenvalue weighted by molar-refractivity contribution is 1.12. The summed E-state index contributed by atoms with van der Waals surface area (Å²) in [5.74, 6) is 2.60. The van der Waals surface area contributed by atoms with Gasteiger partial charge in [0.25, 0.3) is 0 Å². The van der Waals surface area contributed by atoms with Gasteiger partial charge in [-0.3, -0.25) is 4.99 Å². The van der Waals surface area contributed by atoms with Gasteiger partial charge in [0, 0.05) is 30.5 Å². The van der Waals surface area contributed by atoms with Crippen molar-refractivity contribution in [1.82, 2.24) is 0 Å². The summed E-state index contributed by atoms with van der Waals surface area (Å²) in [4.78, 5) is 4.45. The molecule has 0 saturated heterocycles. The van der Waals surface area contributed by atoms with Gasteiger partial charge in [0.1, 0.15) is 0 Å². The van der Waals surface area contributed by atoms with Crippen LogP contribution in [0.15, 0.2) is 40.1 Å². The number of hydrogen-bond donors (Lipinski definition) is 0. The van der Waals surface area contributed by atoms with E-state index in [1.165, 1.54) is 0 Å². The first-order valence-electron chi connectivity index (χ1n) is 4.86. The summed E-state index contributed by atoms with van der Waals surface area (Å²) in [6.45, 7) is 0. The van der Waals surface area contributed by atoms with E-state index in [9.17, 15) is 0 Å². The van der Waals surface area contributed by atoms with Gasteiger partial charge in [-0.05, 0) is 23.8 Å². The minimum absolute atomic E-state index is 0.700. The van der Waals surface area contributed by atoms with Crippen LogP contribution in [0.1, 0.15) is 19.3 Å². The van der Waals surface area contributed by atoms with Gasteiger partial charge in [0.05, 0.1) is 11.8 Å². The monoisotopic (exact) mass is 194 g/mol. The van der Waals surface area contributed by atoms with Crippen LogP contribution in [0.3, 0.4) is 0 Å². The fourth-order valence-electron chi connectivity index (χ4n) is 1.67. The van der Waals surface area contributed by atoms with Gasteiger partial charge in [0.15, 0.2) is 0 Å². The van der Waals surface area contributed by atoms with Gasteiger partial charge >= 0.3 is 0 Å². The highest BCUT2D eigenvalue weighted by Gasteiger charge is 2.17. The number of allylic oxidation sites excluding steroid dienone is 5. The Morgan fingerprint density at radius 3 is 3.07 bits per heavy atom. The van der Waals surface area contributed by atoms with Gasteiger partial charge in [-0.15, -0.1) is 12.3 Å². The zero-order chi connectivity index (χ0) is 10.7. The van der Waals surface area contributed by atoms with E-state index in [0.29, 0.717) is 12.8 Å². The normalized spacial score (nSPS) is 17.7. The predicted molar refractivity (Wildman–Crippen MR) is 60.0 cm³/mol. The highest BCUT2D eigenvalue weighted by atomic mass is 14.8. The second kappa shape index (κ2) is 3.98. The molecule has 1 aliphatic carbocycles. The molecule has 0 aromatic carbocycles. The van der Waals surface area contributed by atoms with Crippen molar-refractivity contribution in [2.75, 3.05) is 0 Å². The Morgan fingerprint density at radius 1 is 1.47 bits per heavy atom. The second-order valence-electron chi connectivity index (χ2n) is 3.51. The molecule has 2 heteroatoms. The number of nitrogens with zero attached hydrogens (tertiary/aromatic N) is 2. The predicted octanol–water partition coefficient (Wildman–Crippen LogP) is 2.52. The van der Waals surface area contributed by atoms with Crippen molar-refractivity contribution in [3.05, 3.63) is 35.1 Å². The van der Waals surface area contributed by atoms with Crippen molar-refractivity contribution in [1.29, 1.82) is 5.26 Å². The van der Waals surface area contributed by atoms with Crippen molar-refractivity contribution in [3.63, 3.8) is 0 Å². The summed E-state index contributed by atoms with van der Waals surface area (Å²) < 4.78 is 0. The molecule has 0 aromatic rings. The molecule has 2 nitrogen and oxygen atoms in total. The first-order chi connectivity index (χ1) is 7.33. The van der Waals surface area contributed by atoms with Crippen molar-refractivity contribution < 1.29 is 0 Å². The number of hydrogen-bond acceptors (Lipinski definition) is 2.